The molecule has 0 aliphatic carbocycles. The van der Waals surface area contributed by atoms with Crippen molar-refractivity contribution in [2.75, 3.05) is 31.6 Å². The maximum Gasteiger partial charge on any atom is 0.242 e. The van der Waals surface area contributed by atoms with Crippen LogP contribution in [0.5, 0.6) is 0 Å². The summed E-state index contributed by atoms with van der Waals surface area (Å²) in [5.74, 6) is -0.165. The summed E-state index contributed by atoms with van der Waals surface area (Å²) < 4.78 is 0. The fourth-order valence-corrected chi connectivity index (χ4v) is 1.63. The second-order valence-electron chi connectivity index (χ2n) is 5.30. The number of nitrogens with zero attached hydrogens (tertiary/aromatic N) is 3. The third-order valence-corrected chi connectivity index (χ3v) is 3.39. The third kappa shape index (κ3) is 4.05. The number of rotatable bonds is 6. The number of para-hydroxylation sites is 1. The van der Waals surface area contributed by atoms with Gasteiger partial charge < -0.3 is 5.11 Å². The van der Waals surface area contributed by atoms with Gasteiger partial charge in [-0.1, -0.05) is 18.2 Å². The number of likely N-dealkylation sites (N-methyl/N-ethyl adjacent to an activating group) is 1. The van der Waals surface area contributed by atoms with Gasteiger partial charge in [0, 0.05) is 11.2 Å². The number of amides is 1. The Kier molecular flexibility index (Phi) is 5.68. The van der Waals surface area contributed by atoms with E-state index >= 15 is 0 Å². The Balaban J connectivity index is 2.84. The van der Waals surface area contributed by atoms with E-state index in [2.05, 4.69) is 0 Å². The zero-order valence-electron chi connectivity index (χ0n) is 12.2. The van der Waals surface area contributed by atoms with E-state index in [1.54, 1.807) is 24.1 Å². The van der Waals surface area contributed by atoms with Crippen LogP contribution in [0.4, 0.5) is 5.69 Å². The number of hydrogen-bond donors (Lipinski definition) is 1. The van der Waals surface area contributed by atoms with Gasteiger partial charge in [0.15, 0.2) is 0 Å². The van der Waals surface area contributed by atoms with Gasteiger partial charge in [-0.25, -0.2) is 0 Å². The lowest BCUT2D eigenvalue weighted by molar-refractivity contribution is -0.120. The van der Waals surface area contributed by atoms with Crippen LogP contribution in [0.25, 0.3) is 0 Å². The van der Waals surface area contributed by atoms with Crippen LogP contribution in [-0.2, 0) is 4.79 Å². The first kappa shape index (κ1) is 16.2. The fourth-order valence-electron chi connectivity index (χ4n) is 1.63. The summed E-state index contributed by atoms with van der Waals surface area (Å²) in [4.78, 5) is 15.6. The molecule has 0 heterocycles. The van der Waals surface area contributed by atoms with Gasteiger partial charge in [0.1, 0.15) is 6.54 Å². The molecule has 0 saturated carbocycles. The van der Waals surface area contributed by atoms with E-state index in [9.17, 15) is 9.90 Å². The van der Waals surface area contributed by atoms with Crippen LogP contribution in [0.15, 0.2) is 30.3 Å². The molecule has 0 spiro atoms. The Labute approximate surface area is 120 Å². The Bertz CT molecular complexity index is 480. The molecule has 0 saturated heterocycles. The molecule has 5 heteroatoms. The second-order valence-corrected chi connectivity index (χ2v) is 5.30. The first-order valence-corrected chi connectivity index (χ1v) is 6.47. The van der Waals surface area contributed by atoms with Crippen molar-refractivity contribution in [2.24, 2.45) is 0 Å². The zero-order chi connectivity index (χ0) is 15.2. The molecule has 0 fully saturated rings. The van der Waals surface area contributed by atoms with Crippen molar-refractivity contribution in [3.05, 3.63) is 30.3 Å². The van der Waals surface area contributed by atoms with Gasteiger partial charge in [0.2, 0.25) is 5.91 Å². The molecule has 0 atom stereocenters. The lowest BCUT2D eigenvalue weighted by Crippen LogP contribution is -2.49. The normalized spacial score (nSPS) is 11.2. The molecule has 1 aromatic rings. The number of benzene rings is 1. The Morgan fingerprint density at radius 2 is 1.95 bits per heavy atom. The molecule has 1 amide bonds. The number of nitriles is 1. The molecule has 1 rings (SSSR count). The highest BCUT2D eigenvalue weighted by Crippen LogP contribution is 2.15. The SMILES string of the molecule is CN(CC(=O)N(CC#N)c1ccccc1)C(C)(C)CO. The van der Waals surface area contributed by atoms with Crippen LogP contribution < -0.4 is 4.90 Å². The van der Waals surface area contributed by atoms with Crippen LogP contribution in [0.3, 0.4) is 0 Å². The number of carbonyl (C=O) groups is 1. The second kappa shape index (κ2) is 7.04. The predicted molar refractivity (Wildman–Crippen MR) is 78.2 cm³/mol. The predicted octanol–water partition coefficient (Wildman–Crippen LogP) is 1.25. The molecule has 0 aromatic heterocycles. The lowest BCUT2D eigenvalue weighted by Gasteiger charge is -2.34. The van der Waals surface area contributed by atoms with Crippen molar-refractivity contribution >= 4 is 11.6 Å². The van der Waals surface area contributed by atoms with E-state index in [-0.39, 0.29) is 25.6 Å². The van der Waals surface area contributed by atoms with E-state index in [1.807, 2.05) is 38.1 Å². The molecule has 0 aliphatic rings. The van der Waals surface area contributed by atoms with Crippen molar-refractivity contribution in [1.29, 1.82) is 5.26 Å². The van der Waals surface area contributed by atoms with Crippen molar-refractivity contribution < 1.29 is 9.90 Å². The highest BCUT2D eigenvalue weighted by Gasteiger charge is 2.26. The summed E-state index contributed by atoms with van der Waals surface area (Å²) >= 11 is 0. The highest BCUT2D eigenvalue weighted by atomic mass is 16.3. The summed E-state index contributed by atoms with van der Waals surface area (Å²) in [6.45, 7) is 3.83. The number of carbonyl (C=O) groups excluding carboxylic acids is 1. The van der Waals surface area contributed by atoms with E-state index < -0.39 is 5.54 Å². The van der Waals surface area contributed by atoms with Gasteiger partial charge in [-0.3, -0.25) is 14.6 Å². The molecule has 1 N–H and O–H groups in total. The molecular weight excluding hydrogens is 254 g/mol. The average molecular weight is 275 g/mol. The first-order valence-electron chi connectivity index (χ1n) is 6.47. The minimum absolute atomic E-state index is 0.0102. The number of hydrogen-bond acceptors (Lipinski definition) is 4. The summed E-state index contributed by atoms with van der Waals surface area (Å²) in [6.07, 6.45) is 0. The Hall–Kier alpha value is -1.90. The standard InChI is InChI=1S/C15H21N3O2/c1-15(2,12-19)17(3)11-14(20)18(10-9-16)13-7-5-4-6-8-13/h4-8,19H,10-12H2,1-3H3. The van der Waals surface area contributed by atoms with Crippen LogP contribution >= 0.6 is 0 Å². The average Bonchev–Trinajstić information content (AvgIpc) is 2.45. The molecule has 108 valence electrons. The van der Waals surface area contributed by atoms with Gasteiger partial charge in [0.25, 0.3) is 0 Å². The van der Waals surface area contributed by atoms with Crippen LogP contribution in [0.2, 0.25) is 0 Å². The summed E-state index contributed by atoms with van der Waals surface area (Å²) in [7, 11) is 1.78. The van der Waals surface area contributed by atoms with Gasteiger partial charge in [-0.05, 0) is 33.0 Å². The number of anilines is 1. The summed E-state index contributed by atoms with van der Waals surface area (Å²) in [6, 6.07) is 11.1. The molecule has 1 aromatic carbocycles. The monoisotopic (exact) mass is 275 g/mol. The van der Waals surface area contributed by atoms with Crippen molar-refractivity contribution in [3.63, 3.8) is 0 Å². The smallest absolute Gasteiger partial charge is 0.242 e. The molecule has 0 radical (unpaired) electrons. The quantitative estimate of drug-likeness (QED) is 0.793. The maximum absolute atomic E-state index is 12.4. The topological polar surface area (TPSA) is 67.6 Å². The zero-order valence-corrected chi connectivity index (χ0v) is 12.2. The first-order chi connectivity index (χ1) is 9.42. The van der Waals surface area contributed by atoms with Crippen molar-refractivity contribution in [1.82, 2.24) is 4.90 Å². The van der Waals surface area contributed by atoms with Gasteiger partial charge in [0.05, 0.1) is 19.2 Å². The summed E-state index contributed by atoms with van der Waals surface area (Å²) in [5.41, 5.74) is 0.222. The molecule has 0 unspecified atom stereocenters. The van der Waals surface area contributed by atoms with Gasteiger partial charge in [-0.2, -0.15) is 5.26 Å². The van der Waals surface area contributed by atoms with E-state index in [1.165, 1.54) is 4.90 Å². The molecule has 0 bridgehead atoms. The molecule has 0 aliphatic heterocycles. The summed E-state index contributed by atoms with van der Waals surface area (Å²) in [5, 5.41) is 18.2. The van der Waals surface area contributed by atoms with Crippen LogP contribution in [0, 0.1) is 11.3 Å². The van der Waals surface area contributed by atoms with Gasteiger partial charge >= 0.3 is 0 Å². The minimum atomic E-state index is -0.481. The van der Waals surface area contributed by atoms with Crippen LogP contribution in [-0.4, -0.2) is 48.2 Å². The maximum atomic E-state index is 12.4. The van der Waals surface area contributed by atoms with Crippen molar-refractivity contribution in [2.45, 2.75) is 19.4 Å². The number of aliphatic hydroxyl groups excluding tert-OH is 1. The highest BCUT2D eigenvalue weighted by molar-refractivity contribution is 5.95. The molecule has 20 heavy (non-hydrogen) atoms. The van der Waals surface area contributed by atoms with Gasteiger partial charge in [-0.15, -0.1) is 0 Å². The lowest BCUT2D eigenvalue weighted by atomic mass is 10.1. The molecule has 5 nitrogen and oxygen atoms in total. The Morgan fingerprint density at radius 1 is 1.35 bits per heavy atom. The van der Waals surface area contributed by atoms with E-state index in [4.69, 9.17) is 5.26 Å². The van der Waals surface area contributed by atoms with Crippen molar-refractivity contribution in [3.8, 4) is 6.07 Å². The minimum Gasteiger partial charge on any atom is -0.394 e. The van der Waals surface area contributed by atoms with E-state index in [0.717, 1.165) is 0 Å². The Morgan fingerprint density at radius 3 is 2.45 bits per heavy atom. The fraction of sp³-hybridized carbons (Fsp3) is 0.467. The largest absolute Gasteiger partial charge is 0.394 e. The van der Waals surface area contributed by atoms with E-state index in [0.29, 0.717) is 5.69 Å². The molecular formula is C15H21N3O2. The number of aliphatic hydroxyl groups is 1. The third-order valence-electron chi connectivity index (χ3n) is 3.39. The van der Waals surface area contributed by atoms with Crippen LogP contribution in [0.1, 0.15) is 13.8 Å².